The van der Waals surface area contributed by atoms with Crippen molar-refractivity contribution in [2.75, 3.05) is 27.3 Å². The summed E-state index contributed by atoms with van der Waals surface area (Å²) in [5.74, 6) is 1.10. The molecule has 6 nitrogen and oxygen atoms in total. The molecular formula is C21H32N2O4. The second kappa shape index (κ2) is 8.93. The van der Waals surface area contributed by atoms with Crippen molar-refractivity contribution in [3.05, 3.63) is 23.8 Å². The zero-order valence-electron chi connectivity index (χ0n) is 16.5. The predicted octanol–water partition coefficient (Wildman–Crippen LogP) is 2.48. The fourth-order valence-corrected chi connectivity index (χ4v) is 4.28. The van der Waals surface area contributed by atoms with E-state index in [0.29, 0.717) is 43.6 Å². The highest BCUT2D eigenvalue weighted by Gasteiger charge is 2.42. The van der Waals surface area contributed by atoms with Crippen LogP contribution in [0.4, 0.5) is 0 Å². The Morgan fingerprint density at radius 3 is 2.67 bits per heavy atom. The molecule has 3 rings (SSSR count). The monoisotopic (exact) mass is 376 g/mol. The van der Waals surface area contributed by atoms with E-state index in [4.69, 9.17) is 9.47 Å². The first-order valence-electron chi connectivity index (χ1n) is 10.0. The van der Waals surface area contributed by atoms with Gasteiger partial charge in [-0.3, -0.25) is 4.79 Å². The highest BCUT2D eigenvalue weighted by atomic mass is 16.5. The molecule has 6 heteroatoms. The Hall–Kier alpha value is -1.79. The van der Waals surface area contributed by atoms with Crippen molar-refractivity contribution in [1.29, 1.82) is 0 Å². The van der Waals surface area contributed by atoms with Gasteiger partial charge in [0.25, 0.3) is 5.91 Å². The van der Waals surface area contributed by atoms with Crippen LogP contribution in [-0.4, -0.2) is 54.9 Å². The summed E-state index contributed by atoms with van der Waals surface area (Å²) < 4.78 is 10.8. The van der Waals surface area contributed by atoms with Crippen molar-refractivity contribution in [3.8, 4) is 11.5 Å². The first-order valence-corrected chi connectivity index (χ1v) is 10.0. The lowest BCUT2D eigenvalue weighted by Gasteiger charge is -2.39. The number of methoxy groups -OCH3 is 2. The fraction of sp³-hybridized carbons (Fsp3) is 0.667. The lowest BCUT2D eigenvalue weighted by molar-refractivity contribution is -0.157. The standard InChI is InChI=1S/C21H32N2O4/c1-26-18-11-6-8-16(19(18)27-2)14-23-13-7-12-21(25,20(23)24)15-22-17-9-4-3-5-10-17/h6,8,11,17,22,25H,3-5,7,9-10,12-15H2,1-2H3. The molecule has 0 spiro atoms. The lowest BCUT2D eigenvalue weighted by atomic mass is 9.89. The van der Waals surface area contributed by atoms with Crippen molar-refractivity contribution in [2.45, 2.75) is 63.1 Å². The van der Waals surface area contributed by atoms with Gasteiger partial charge in [0.2, 0.25) is 0 Å². The third-order valence-electron chi connectivity index (χ3n) is 5.84. The van der Waals surface area contributed by atoms with Crippen LogP contribution in [-0.2, 0) is 11.3 Å². The Morgan fingerprint density at radius 1 is 1.19 bits per heavy atom. The third kappa shape index (κ3) is 4.55. The lowest BCUT2D eigenvalue weighted by Crippen LogP contribution is -2.58. The zero-order chi connectivity index (χ0) is 19.3. The van der Waals surface area contributed by atoms with Gasteiger partial charge in [0, 0.05) is 31.2 Å². The maximum absolute atomic E-state index is 13.0. The second-order valence-corrected chi connectivity index (χ2v) is 7.73. The van der Waals surface area contributed by atoms with Gasteiger partial charge >= 0.3 is 0 Å². The number of aliphatic hydroxyl groups is 1. The van der Waals surface area contributed by atoms with E-state index in [0.717, 1.165) is 24.8 Å². The van der Waals surface area contributed by atoms with Gasteiger partial charge < -0.3 is 24.8 Å². The Kier molecular flexibility index (Phi) is 6.60. The normalized spacial score (nSPS) is 24.1. The van der Waals surface area contributed by atoms with E-state index < -0.39 is 5.60 Å². The molecule has 1 unspecified atom stereocenters. The van der Waals surface area contributed by atoms with E-state index in [9.17, 15) is 9.90 Å². The van der Waals surface area contributed by atoms with Crippen molar-refractivity contribution < 1.29 is 19.4 Å². The molecule has 27 heavy (non-hydrogen) atoms. The maximum Gasteiger partial charge on any atom is 0.256 e. The third-order valence-corrected chi connectivity index (χ3v) is 5.84. The molecule has 1 atom stereocenters. The van der Waals surface area contributed by atoms with Crippen LogP contribution in [0, 0.1) is 0 Å². The maximum atomic E-state index is 13.0. The van der Waals surface area contributed by atoms with Crippen LogP contribution in [0.15, 0.2) is 18.2 Å². The van der Waals surface area contributed by atoms with Crippen LogP contribution in [0.2, 0.25) is 0 Å². The van der Waals surface area contributed by atoms with Crippen LogP contribution < -0.4 is 14.8 Å². The van der Waals surface area contributed by atoms with Crippen molar-refractivity contribution in [1.82, 2.24) is 10.2 Å². The van der Waals surface area contributed by atoms with Crippen molar-refractivity contribution in [2.24, 2.45) is 0 Å². The number of nitrogens with one attached hydrogen (secondary N) is 1. The first-order chi connectivity index (χ1) is 13.1. The van der Waals surface area contributed by atoms with Crippen LogP contribution in [0.25, 0.3) is 0 Å². The summed E-state index contributed by atoms with van der Waals surface area (Å²) in [5, 5.41) is 14.5. The number of carbonyl (C=O) groups is 1. The summed E-state index contributed by atoms with van der Waals surface area (Å²) in [6.07, 6.45) is 7.32. The van der Waals surface area contributed by atoms with E-state index >= 15 is 0 Å². The summed E-state index contributed by atoms with van der Waals surface area (Å²) >= 11 is 0. The molecular weight excluding hydrogens is 344 g/mol. The number of benzene rings is 1. The smallest absolute Gasteiger partial charge is 0.256 e. The molecule has 1 saturated heterocycles. The minimum Gasteiger partial charge on any atom is -0.493 e. The van der Waals surface area contributed by atoms with Gasteiger partial charge in [-0.25, -0.2) is 0 Å². The van der Waals surface area contributed by atoms with Crippen LogP contribution >= 0.6 is 0 Å². The van der Waals surface area contributed by atoms with Gasteiger partial charge in [0.1, 0.15) is 0 Å². The highest BCUT2D eigenvalue weighted by molar-refractivity contribution is 5.86. The van der Waals surface area contributed by atoms with Gasteiger partial charge in [0.05, 0.1) is 14.2 Å². The minimum absolute atomic E-state index is 0.193. The number of carbonyl (C=O) groups excluding carboxylic acids is 1. The molecule has 1 aromatic rings. The Labute approximate surface area is 161 Å². The molecule has 1 aromatic carbocycles. The Balaban J connectivity index is 1.67. The molecule has 1 aliphatic carbocycles. The first kappa shape index (κ1) is 20.0. The summed E-state index contributed by atoms with van der Waals surface area (Å²) in [4.78, 5) is 14.8. The number of hydrogen-bond donors (Lipinski definition) is 2. The highest BCUT2D eigenvalue weighted by Crippen LogP contribution is 2.33. The number of nitrogens with zero attached hydrogens (tertiary/aromatic N) is 1. The second-order valence-electron chi connectivity index (χ2n) is 7.73. The molecule has 0 aromatic heterocycles. The van der Waals surface area contributed by atoms with E-state index in [1.807, 2.05) is 18.2 Å². The van der Waals surface area contributed by atoms with Crippen LogP contribution in [0.5, 0.6) is 11.5 Å². The van der Waals surface area contributed by atoms with Gasteiger partial charge in [-0.05, 0) is 31.7 Å². The topological polar surface area (TPSA) is 71.0 Å². The summed E-state index contributed by atoms with van der Waals surface area (Å²) in [5.41, 5.74) is -0.434. The number of ether oxygens (including phenoxy) is 2. The summed E-state index contributed by atoms with van der Waals surface area (Å²) in [6, 6.07) is 6.08. The zero-order valence-corrected chi connectivity index (χ0v) is 16.5. The minimum atomic E-state index is -1.32. The predicted molar refractivity (Wildman–Crippen MR) is 104 cm³/mol. The van der Waals surface area contributed by atoms with Gasteiger partial charge in [-0.1, -0.05) is 31.4 Å². The van der Waals surface area contributed by atoms with Gasteiger partial charge in [0.15, 0.2) is 17.1 Å². The molecule has 1 heterocycles. The number of likely N-dealkylation sites (tertiary alicyclic amines) is 1. The molecule has 2 fully saturated rings. The number of para-hydroxylation sites is 1. The van der Waals surface area contributed by atoms with E-state index in [2.05, 4.69) is 5.32 Å². The Morgan fingerprint density at radius 2 is 1.96 bits per heavy atom. The van der Waals surface area contributed by atoms with Gasteiger partial charge in [-0.15, -0.1) is 0 Å². The molecule has 1 aliphatic heterocycles. The van der Waals surface area contributed by atoms with E-state index in [1.165, 1.54) is 19.3 Å². The quantitative estimate of drug-likeness (QED) is 0.765. The molecule has 0 radical (unpaired) electrons. The Bertz CT molecular complexity index is 645. The largest absolute Gasteiger partial charge is 0.493 e. The van der Waals surface area contributed by atoms with Crippen LogP contribution in [0.3, 0.4) is 0 Å². The average molecular weight is 376 g/mol. The molecule has 0 bridgehead atoms. The molecule has 2 N–H and O–H groups in total. The average Bonchev–Trinajstić information content (AvgIpc) is 2.70. The number of piperidine rings is 1. The van der Waals surface area contributed by atoms with Crippen molar-refractivity contribution in [3.63, 3.8) is 0 Å². The van der Waals surface area contributed by atoms with Crippen LogP contribution in [0.1, 0.15) is 50.5 Å². The SMILES string of the molecule is COc1cccc(CN2CCCC(O)(CNC3CCCCC3)C2=O)c1OC. The summed E-state index contributed by atoms with van der Waals surface area (Å²) in [7, 11) is 3.20. The van der Waals surface area contributed by atoms with Gasteiger partial charge in [-0.2, -0.15) is 0 Å². The number of amides is 1. The molecule has 2 aliphatic rings. The van der Waals surface area contributed by atoms with E-state index in [1.54, 1.807) is 19.1 Å². The summed E-state index contributed by atoms with van der Waals surface area (Å²) in [6.45, 7) is 1.39. The number of hydrogen-bond acceptors (Lipinski definition) is 5. The number of rotatable bonds is 7. The van der Waals surface area contributed by atoms with Crippen molar-refractivity contribution >= 4 is 5.91 Å². The molecule has 1 saturated carbocycles. The molecule has 1 amide bonds. The van der Waals surface area contributed by atoms with E-state index in [-0.39, 0.29) is 5.91 Å². The fourth-order valence-electron chi connectivity index (χ4n) is 4.28. The molecule has 150 valence electrons.